The highest BCUT2D eigenvalue weighted by atomic mass is 32.1. The van der Waals surface area contributed by atoms with E-state index in [0.29, 0.717) is 4.99 Å². The number of hydrogen-bond acceptors (Lipinski definition) is 2. The first-order valence-electron chi connectivity index (χ1n) is 3.61. The second-order valence-corrected chi connectivity index (χ2v) is 2.65. The Bertz CT molecular complexity index is 271. The Morgan fingerprint density at radius 1 is 1.42 bits per heavy atom. The second kappa shape index (κ2) is 4.62. The summed E-state index contributed by atoms with van der Waals surface area (Å²) in [5.41, 5.74) is 0.939. The number of aldehydes is 1. The maximum atomic E-state index is 10.0. The molecule has 0 saturated heterocycles. The molecule has 12 heavy (non-hydrogen) atoms. The molecule has 0 radical (unpaired) electrons. The van der Waals surface area contributed by atoms with E-state index < -0.39 is 0 Å². The van der Waals surface area contributed by atoms with E-state index in [-0.39, 0.29) is 6.54 Å². The zero-order valence-corrected chi connectivity index (χ0v) is 7.30. The topological polar surface area (TPSA) is 29.1 Å². The Kier molecular flexibility index (Phi) is 3.41. The van der Waals surface area contributed by atoms with Crippen LogP contribution in [0.1, 0.15) is 5.56 Å². The van der Waals surface area contributed by atoms with Crippen LogP contribution in [0.3, 0.4) is 0 Å². The fourth-order valence-electron chi connectivity index (χ4n) is 0.826. The van der Waals surface area contributed by atoms with Gasteiger partial charge in [0.15, 0.2) is 0 Å². The first kappa shape index (κ1) is 8.87. The van der Waals surface area contributed by atoms with Gasteiger partial charge in [-0.25, -0.2) is 0 Å². The molecule has 0 bridgehead atoms. The van der Waals surface area contributed by atoms with Crippen molar-refractivity contribution in [1.82, 2.24) is 5.32 Å². The number of rotatable bonds is 3. The molecule has 1 aromatic carbocycles. The van der Waals surface area contributed by atoms with Crippen molar-refractivity contribution in [2.75, 3.05) is 6.54 Å². The van der Waals surface area contributed by atoms with Gasteiger partial charge < -0.3 is 10.1 Å². The van der Waals surface area contributed by atoms with Gasteiger partial charge in [0.25, 0.3) is 0 Å². The first-order chi connectivity index (χ1) is 5.84. The van der Waals surface area contributed by atoms with Crippen LogP contribution in [0.2, 0.25) is 0 Å². The van der Waals surface area contributed by atoms with Gasteiger partial charge in [0.05, 0.1) is 6.54 Å². The number of thiocarbonyl (C=S) groups is 1. The minimum absolute atomic E-state index is 0.272. The third-order valence-electron chi connectivity index (χ3n) is 1.38. The SMILES string of the molecule is O=CCNC(=S)c1ccccc1. The van der Waals surface area contributed by atoms with E-state index in [4.69, 9.17) is 12.2 Å². The highest BCUT2D eigenvalue weighted by Crippen LogP contribution is 1.98. The summed E-state index contributed by atoms with van der Waals surface area (Å²) in [6, 6.07) is 9.54. The molecule has 0 aliphatic heterocycles. The monoisotopic (exact) mass is 179 g/mol. The molecular weight excluding hydrogens is 170 g/mol. The molecule has 0 amide bonds. The van der Waals surface area contributed by atoms with E-state index in [1.807, 2.05) is 30.3 Å². The van der Waals surface area contributed by atoms with Gasteiger partial charge >= 0.3 is 0 Å². The summed E-state index contributed by atoms with van der Waals surface area (Å²) in [5, 5.41) is 2.81. The van der Waals surface area contributed by atoms with Crippen molar-refractivity contribution >= 4 is 23.5 Å². The minimum atomic E-state index is 0.272. The van der Waals surface area contributed by atoms with Crippen molar-refractivity contribution in [3.63, 3.8) is 0 Å². The van der Waals surface area contributed by atoms with E-state index in [1.165, 1.54) is 0 Å². The molecule has 0 spiro atoms. The lowest BCUT2D eigenvalue weighted by Gasteiger charge is -2.02. The maximum absolute atomic E-state index is 10.0. The fourth-order valence-corrected chi connectivity index (χ4v) is 1.05. The molecule has 0 aliphatic rings. The first-order valence-corrected chi connectivity index (χ1v) is 4.02. The van der Waals surface area contributed by atoms with Crippen LogP contribution in [0.4, 0.5) is 0 Å². The van der Waals surface area contributed by atoms with E-state index in [9.17, 15) is 4.79 Å². The summed E-state index contributed by atoms with van der Waals surface area (Å²) in [7, 11) is 0. The second-order valence-electron chi connectivity index (χ2n) is 2.24. The molecule has 0 aromatic heterocycles. The Hall–Kier alpha value is -1.22. The molecule has 0 saturated carbocycles. The lowest BCUT2D eigenvalue weighted by molar-refractivity contribution is -0.106. The van der Waals surface area contributed by atoms with Crippen LogP contribution >= 0.6 is 12.2 Å². The number of hydrogen-bond donors (Lipinski definition) is 1. The van der Waals surface area contributed by atoms with Gasteiger partial charge in [0, 0.05) is 5.56 Å². The lowest BCUT2D eigenvalue weighted by atomic mass is 10.2. The Labute approximate surface area is 76.6 Å². The molecule has 0 atom stereocenters. The van der Waals surface area contributed by atoms with E-state index in [1.54, 1.807) is 0 Å². The van der Waals surface area contributed by atoms with E-state index in [2.05, 4.69) is 5.32 Å². The van der Waals surface area contributed by atoms with E-state index >= 15 is 0 Å². The summed E-state index contributed by atoms with van der Waals surface area (Å²) >= 11 is 5.02. The van der Waals surface area contributed by atoms with Crippen LogP contribution < -0.4 is 5.32 Å². The largest absolute Gasteiger partial charge is 0.369 e. The summed E-state index contributed by atoms with van der Waals surface area (Å²) in [6.07, 6.45) is 0.787. The third kappa shape index (κ3) is 2.43. The summed E-state index contributed by atoms with van der Waals surface area (Å²) in [4.78, 5) is 10.6. The highest BCUT2D eigenvalue weighted by Gasteiger charge is 1.96. The molecular formula is C9H9NOS. The smallest absolute Gasteiger partial charge is 0.139 e. The minimum Gasteiger partial charge on any atom is -0.369 e. The van der Waals surface area contributed by atoms with Gasteiger partial charge in [0.1, 0.15) is 11.3 Å². The number of benzene rings is 1. The highest BCUT2D eigenvalue weighted by molar-refractivity contribution is 7.80. The van der Waals surface area contributed by atoms with Crippen LogP contribution in [0.15, 0.2) is 30.3 Å². The molecule has 1 rings (SSSR count). The molecule has 0 unspecified atom stereocenters. The third-order valence-corrected chi connectivity index (χ3v) is 1.76. The van der Waals surface area contributed by atoms with Crippen molar-refractivity contribution in [2.24, 2.45) is 0 Å². The fraction of sp³-hybridized carbons (Fsp3) is 0.111. The van der Waals surface area contributed by atoms with Crippen molar-refractivity contribution in [2.45, 2.75) is 0 Å². The average Bonchev–Trinajstić information content (AvgIpc) is 2.15. The van der Waals surface area contributed by atoms with Gasteiger partial charge in [-0.1, -0.05) is 42.5 Å². The quantitative estimate of drug-likeness (QED) is 0.557. The summed E-state index contributed by atoms with van der Waals surface area (Å²) < 4.78 is 0. The van der Waals surface area contributed by atoms with Crippen molar-refractivity contribution in [3.05, 3.63) is 35.9 Å². The number of carbonyl (C=O) groups excluding carboxylic acids is 1. The predicted octanol–water partition coefficient (Wildman–Crippen LogP) is 1.15. The molecule has 62 valence electrons. The molecule has 3 heteroatoms. The molecule has 0 fully saturated rings. The van der Waals surface area contributed by atoms with Crippen LogP contribution in [0.25, 0.3) is 0 Å². The van der Waals surface area contributed by atoms with Crippen LogP contribution in [0.5, 0.6) is 0 Å². The Morgan fingerprint density at radius 3 is 2.67 bits per heavy atom. The Balaban J connectivity index is 2.59. The van der Waals surface area contributed by atoms with Gasteiger partial charge in [-0.2, -0.15) is 0 Å². The molecule has 1 aromatic rings. The molecule has 1 N–H and O–H groups in total. The van der Waals surface area contributed by atoms with Gasteiger partial charge in [-0.05, 0) is 0 Å². The summed E-state index contributed by atoms with van der Waals surface area (Å²) in [6.45, 7) is 0.272. The maximum Gasteiger partial charge on any atom is 0.139 e. The molecule has 2 nitrogen and oxygen atoms in total. The van der Waals surface area contributed by atoms with Crippen molar-refractivity contribution in [1.29, 1.82) is 0 Å². The van der Waals surface area contributed by atoms with Crippen LogP contribution in [0, 0.1) is 0 Å². The number of nitrogens with one attached hydrogen (secondary N) is 1. The van der Waals surface area contributed by atoms with Crippen LogP contribution in [-0.4, -0.2) is 17.8 Å². The zero-order chi connectivity index (χ0) is 8.81. The Morgan fingerprint density at radius 2 is 2.08 bits per heavy atom. The lowest BCUT2D eigenvalue weighted by Crippen LogP contribution is -2.23. The van der Waals surface area contributed by atoms with Gasteiger partial charge in [0.2, 0.25) is 0 Å². The average molecular weight is 179 g/mol. The standard InChI is InChI=1S/C9H9NOS/c11-7-6-10-9(12)8-4-2-1-3-5-8/h1-5,7H,6H2,(H,10,12). The number of carbonyl (C=O) groups is 1. The summed E-state index contributed by atoms with van der Waals surface area (Å²) in [5.74, 6) is 0. The van der Waals surface area contributed by atoms with Gasteiger partial charge in [-0.15, -0.1) is 0 Å². The van der Waals surface area contributed by atoms with E-state index in [0.717, 1.165) is 11.8 Å². The molecule has 0 aliphatic carbocycles. The van der Waals surface area contributed by atoms with Gasteiger partial charge in [-0.3, -0.25) is 0 Å². The zero-order valence-electron chi connectivity index (χ0n) is 6.49. The van der Waals surface area contributed by atoms with Crippen molar-refractivity contribution in [3.8, 4) is 0 Å². The van der Waals surface area contributed by atoms with Crippen molar-refractivity contribution < 1.29 is 4.79 Å². The van der Waals surface area contributed by atoms with Crippen LogP contribution in [-0.2, 0) is 4.79 Å². The molecule has 0 heterocycles. The normalized spacial score (nSPS) is 9.00. The predicted molar refractivity (Wildman–Crippen MR) is 52.2 cm³/mol.